The minimum absolute atomic E-state index is 0.445. The van der Waals surface area contributed by atoms with Gasteiger partial charge in [0, 0.05) is 11.8 Å². The normalized spacial score (nSPS) is 11.1. The van der Waals surface area contributed by atoms with Gasteiger partial charge in [0.1, 0.15) is 0 Å². The molecule has 0 aliphatic rings. The Morgan fingerprint density at radius 1 is 1.11 bits per heavy atom. The van der Waals surface area contributed by atoms with E-state index in [0.717, 1.165) is 6.42 Å². The maximum absolute atomic E-state index is 4.58. The SMILES string of the molecule is CCc1cc(C)c(-c2cccnc2C(C)C)c(C)c1. The third-order valence-corrected chi connectivity index (χ3v) is 3.66. The van der Waals surface area contributed by atoms with Crippen LogP contribution in [0.25, 0.3) is 11.1 Å². The van der Waals surface area contributed by atoms with Gasteiger partial charge in [0.15, 0.2) is 0 Å². The van der Waals surface area contributed by atoms with Crippen molar-refractivity contribution >= 4 is 0 Å². The van der Waals surface area contributed by atoms with Crippen LogP contribution in [0.2, 0.25) is 0 Å². The van der Waals surface area contributed by atoms with Crippen LogP contribution in [-0.2, 0) is 6.42 Å². The minimum atomic E-state index is 0.445. The van der Waals surface area contributed by atoms with Gasteiger partial charge in [-0.15, -0.1) is 0 Å². The lowest BCUT2D eigenvalue weighted by molar-refractivity contribution is 0.825. The lowest BCUT2D eigenvalue weighted by Crippen LogP contribution is -1.99. The zero-order chi connectivity index (χ0) is 14.0. The fourth-order valence-electron chi connectivity index (χ4n) is 2.77. The number of rotatable bonds is 3. The molecule has 0 N–H and O–H groups in total. The monoisotopic (exact) mass is 253 g/mol. The maximum Gasteiger partial charge on any atom is 0.0507 e. The molecule has 0 unspecified atom stereocenters. The summed E-state index contributed by atoms with van der Waals surface area (Å²) in [7, 11) is 0. The molecule has 100 valence electrons. The van der Waals surface area contributed by atoms with Crippen molar-refractivity contribution in [3.05, 3.63) is 52.8 Å². The molecule has 0 fully saturated rings. The summed E-state index contributed by atoms with van der Waals surface area (Å²) in [6, 6.07) is 8.84. The number of hydrogen-bond acceptors (Lipinski definition) is 1. The van der Waals surface area contributed by atoms with E-state index in [0.29, 0.717) is 5.92 Å². The molecule has 0 amide bonds. The highest BCUT2D eigenvalue weighted by Gasteiger charge is 2.14. The summed E-state index contributed by atoms with van der Waals surface area (Å²) < 4.78 is 0. The topological polar surface area (TPSA) is 12.9 Å². The molecule has 0 spiro atoms. The first-order valence-electron chi connectivity index (χ1n) is 7.10. The van der Waals surface area contributed by atoms with E-state index in [1.165, 1.54) is 33.5 Å². The molecule has 0 atom stereocenters. The van der Waals surface area contributed by atoms with Crippen LogP contribution in [0.4, 0.5) is 0 Å². The van der Waals surface area contributed by atoms with Gasteiger partial charge in [-0.25, -0.2) is 0 Å². The van der Waals surface area contributed by atoms with E-state index in [1.54, 1.807) is 0 Å². The largest absolute Gasteiger partial charge is 0.260 e. The molecule has 0 bridgehead atoms. The molecule has 1 aromatic carbocycles. The van der Waals surface area contributed by atoms with Gasteiger partial charge >= 0.3 is 0 Å². The molecule has 1 aromatic heterocycles. The van der Waals surface area contributed by atoms with Crippen molar-refractivity contribution in [2.45, 2.75) is 47.0 Å². The molecule has 0 aliphatic carbocycles. The van der Waals surface area contributed by atoms with Crippen molar-refractivity contribution in [3.63, 3.8) is 0 Å². The van der Waals surface area contributed by atoms with Gasteiger partial charge < -0.3 is 0 Å². The molecule has 1 heterocycles. The number of nitrogens with zero attached hydrogens (tertiary/aromatic N) is 1. The number of benzene rings is 1. The van der Waals surface area contributed by atoms with E-state index < -0.39 is 0 Å². The lowest BCUT2D eigenvalue weighted by Gasteiger charge is -2.17. The van der Waals surface area contributed by atoms with Gasteiger partial charge in [-0.05, 0) is 54.5 Å². The fourth-order valence-corrected chi connectivity index (χ4v) is 2.77. The van der Waals surface area contributed by atoms with E-state index >= 15 is 0 Å². The second kappa shape index (κ2) is 5.56. The number of aryl methyl sites for hydroxylation is 3. The van der Waals surface area contributed by atoms with Crippen molar-refractivity contribution in [3.8, 4) is 11.1 Å². The highest BCUT2D eigenvalue weighted by atomic mass is 14.7. The van der Waals surface area contributed by atoms with Gasteiger partial charge in [0.2, 0.25) is 0 Å². The highest BCUT2D eigenvalue weighted by molar-refractivity contribution is 5.73. The Labute approximate surface area is 116 Å². The molecule has 1 nitrogen and oxygen atoms in total. The van der Waals surface area contributed by atoms with Crippen molar-refractivity contribution in [2.75, 3.05) is 0 Å². The van der Waals surface area contributed by atoms with Crippen LogP contribution in [0.5, 0.6) is 0 Å². The van der Waals surface area contributed by atoms with E-state index in [4.69, 9.17) is 0 Å². The summed E-state index contributed by atoms with van der Waals surface area (Å²) in [6.07, 6.45) is 2.98. The predicted molar refractivity (Wildman–Crippen MR) is 82.6 cm³/mol. The Kier molecular flexibility index (Phi) is 4.04. The Morgan fingerprint density at radius 3 is 2.26 bits per heavy atom. The summed E-state index contributed by atoms with van der Waals surface area (Å²) in [6.45, 7) is 11.0. The standard InChI is InChI=1S/C18H23N/c1-6-15-10-13(4)17(14(5)11-15)16-8-7-9-19-18(16)12(2)3/h7-12H,6H2,1-5H3. The fraction of sp³-hybridized carbons (Fsp3) is 0.389. The first kappa shape index (κ1) is 13.8. The van der Waals surface area contributed by atoms with E-state index in [2.05, 4.69) is 57.8 Å². The Hall–Kier alpha value is -1.63. The summed E-state index contributed by atoms with van der Waals surface area (Å²) >= 11 is 0. The maximum atomic E-state index is 4.58. The van der Waals surface area contributed by atoms with Crippen LogP contribution in [0.1, 0.15) is 49.1 Å². The zero-order valence-corrected chi connectivity index (χ0v) is 12.6. The van der Waals surface area contributed by atoms with Crippen LogP contribution in [-0.4, -0.2) is 4.98 Å². The van der Waals surface area contributed by atoms with E-state index in [-0.39, 0.29) is 0 Å². The molecule has 0 radical (unpaired) electrons. The first-order valence-corrected chi connectivity index (χ1v) is 7.10. The van der Waals surface area contributed by atoms with Gasteiger partial charge in [-0.2, -0.15) is 0 Å². The molecule has 1 heteroatoms. The number of aromatic nitrogens is 1. The molecular weight excluding hydrogens is 230 g/mol. The molecular formula is C18H23N. The minimum Gasteiger partial charge on any atom is -0.260 e. The third kappa shape index (κ3) is 2.70. The summed E-state index contributed by atoms with van der Waals surface area (Å²) in [5.74, 6) is 0.445. The van der Waals surface area contributed by atoms with Crippen molar-refractivity contribution in [1.82, 2.24) is 4.98 Å². The van der Waals surface area contributed by atoms with Crippen LogP contribution in [0.15, 0.2) is 30.5 Å². The summed E-state index contributed by atoms with van der Waals surface area (Å²) in [4.78, 5) is 4.58. The van der Waals surface area contributed by atoms with Crippen molar-refractivity contribution in [1.29, 1.82) is 0 Å². The second-order valence-corrected chi connectivity index (χ2v) is 5.55. The Bertz CT molecular complexity index is 559. The molecule has 0 saturated carbocycles. The van der Waals surface area contributed by atoms with Crippen LogP contribution < -0.4 is 0 Å². The smallest absolute Gasteiger partial charge is 0.0507 e. The van der Waals surface area contributed by atoms with Crippen molar-refractivity contribution in [2.24, 2.45) is 0 Å². The Morgan fingerprint density at radius 2 is 1.74 bits per heavy atom. The van der Waals surface area contributed by atoms with Crippen LogP contribution >= 0.6 is 0 Å². The highest BCUT2D eigenvalue weighted by Crippen LogP contribution is 2.33. The first-order chi connectivity index (χ1) is 9.04. The van der Waals surface area contributed by atoms with Crippen LogP contribution in [0, 0.1) is 13.8 Å². The third-order valence-electron chi connectivity index (χ3n) is 3.66. The van der Waals surface area contributed by atoms with Gasteiger partial charge in [-0.3, -0.25) is 4.98 Å². The second-order valence-electron chi connectivity index (χ2n) is 5.55. The Balaban J connectivity index is 2.66. The average molecular weight is 253 g/mol. The van der Waals surface area contributed by atoms with Crippen LogP contribution in [0.3, 0.4) is 0 Å². The molecule has 0 aliphatic heterocycles. The van der Waals surface area contributed by atoms with E-state index in [9.17, 15) is 0 Å². The summed E-state index contributed by atoms with van der Waals surface area (Å²) in [5.41, 5.74) is 7.95. The quantitative estimate of drug-likeness (QED) is 0.745. The zero-order valence-electron chi connectivity index (χ0n) is 12.6. The number of hydrogen-bond donors (Lipinski definition) is 0. The molecule has 19 heavy (non-hydrogen) atoms. The van der Waals surface area contributed by atoms with Gasteiger partial charge in [-0.1, -0.05) is 39.0 Å². The molecule has 2 aromatic rings. The lowest BCUT2D eigenvalue weighted by atomic mass is 9.90. The summed E-state index contributed by atoms with van der Waals surface area (Å²) in [5, 5.41) is 0. The average Bonchev–Trinajstić information content (AvgIpc) is 2.38. The molecule has 2 rings (SSSR count). The van der Waals surface area contributed by atoms with Gasteiger partial charge in [0.25, 0.3) is 0 Å². The van der Waals surface area contributed by atoms with Crippen molar-refractivity contribution < 1.29 is 0 Å². The van der Waals surface area contributed by atoms with E-state index in [1.807, 2.05) is 12.3 Å². The number of pyridine rings is 1. The van der Waals surface area contributed by atoms with Gasteiger partial charge in [0.05, 0.1) is 5.69 Å². The molecule has 0 saturated heterocycles. The predicted octanol–water partition coefficient (Wildman–Crippen LogP) is 5.05.